The zero-order valence-electron chi connectivity index (χ0n) is 14.8. The Kier molecular flexibility index (Phi) is 5.26. The van der Waals surface area contributed by atoms with E-state index in [2.05, 4.69) is 26.1 Å². The molecule has 0 saturated heterocycles. The summed E-state index contributed by atoms with van der Waals surface area (Å²) in [5.41, 5.74) is 3.70. The molecule has 0 spiro atoms. The molecule has 0 amide bonds. The predicted octanol–water partition coefficient (Wildman–Crippen LogP) is 2.70. The molecule has 2 N–H and O–H groups in total. The summed E-state index contributed by atoms with van der Waals surface area (Å²) < 4.78 is 30.4. The molecular weight excluding hydrogens is 364 g/mol. The second-order valence-electron chi connectivity index (χ2n) is 5.96. The zero-order valence-corrected chi connectivity index (χ0v) is 15.6. The number of aromatic nitrogens is 2. The Morgan fingerprint density at radius 2 is 1.93 bits per heavy atom. The lowest BCUT2D eigenvalue weighted by Gasteiger charge is -2.13. The summed E-state index contributed by atoms with van der Waals surface area (Å²) in [6.45, 7) is 3.78. The molecule has 27 heavy (non-hydrogen) atoms. The number of terminal acetylenes is 1. The third-order valence-corrected chi connectivity index (χ3v) is 4.79. The van der Waals surface area contributed by atoms with E-state index in [1.165, 1.54) is 12.1 Å². The molecule has 0 radical (unpaired) electrons. The highest BCUT2D eigenvalue weighted by molar-refractivity contribution is 7.89. The van der Waals surface area contributed by atoms with Crippen LogP contribution in [0.4, 0.5) is 5.95 Å². The number of fused-ring (bicyclic) bond motifs is 1. The van der Waals surface area contributed by atoms with Crippen LogP contribution in [0.3, 0.4) is 0 Å². The van der Waals surface area contributed by atoms with Crippen molar-refractivity contribution in [2.24, 2.45) is 0 Å². The van der Waals surface area contributed by atoms with Gasteiger partial charge in [0.1, 0.15) is 11.3 Å². The van der Waals surface area contributed by atoms with Crippen molar-refractivity contribution in [1.82, 2.24) is 14.8 Å². The molecule has 138 valence electrons. The minimum absolute atomic E-state index is 0.0795. The number of benzene rings is 2. The highest BCUT2D eigenvalue weighted by atomic mass is 32.2. The van der Waals surface area contributed by atoms with Crippen LogP contribution in [0.15, 0.2) is 53.6 Å². The van der Waals surface area contributed by atoms with E-state index in [0.717, 1.165) is 0 Å². The number of sulfonamides is 1. The Balaban J connectivity index is 1.91. The van der Waals surface area contributed by atoms with E-state index >= 15 is 0 Å². The van der Waals surface area contributed by atoms with Gasteiger partial charge >= 0.3 is 0 Å². The van der Waals surface area contributed by atoms with Gasteiger partial charge in [0.15, 0.2) is 0 Å². The molecule has 0 saturated carbocycles. The number of anilines is 1. The van der Waals surface area contributed by atoms with E-state index < -0.39 is 10.0 Å². The molecule has 1 heterocycles. The summed E-state index contributed by atoms with van der Waals surface area (Å²) in [5.74, 6) is 3.16. The maximum absolute atomic E-state index is 12.3. The summed E-state index contributed by atoms with van der Waals surface area (Å²) in [4.78, 5) is 10.9. The van der Waals surface area contributed by atoms with Gasteiger partial charge in [0.05, 0.1) is 11.0 Å². The minimum atomic E-state index is -3.75. The largest absolute Gasteiger partial charge is 0.489 e. The maximum atomic E-state index is 12.3. The van der Waals surface area contributed by atoms with Crippen molar-refractivity contribution in [3.8, 4) is 18.1 Å². The van der Waals surface area contributed by atoms with Crippen molar-refractivity contribution >= 4 is 26.9 Å². The lowest BCUT2D eigenvalue weighted by molar-refractivity contribution is 0.245. The van der Waals surface area contributed by atoms with Gasteiger partial charge < -0.3 is 4.74 Å². The lowest BCUT2D eigenvalue weighted by atomic mass is 10.1. The number of rotatable bonds is 6. The van der Waals surface area contributed by atoms with Crippen molar-refractivity contribution in [1.29, 1.82) is 0 Å². The lowest BCUT2D eigenvalue weighted by Crippen LogP contribution is -2.30. The molecule has 0 aliphatic carbocycles. The number of hydrogen-bond acceptors (Lipinski definition) is 6. The molecule has 3 aromatic rings. The number of nitrogens with one attached hydrogen (secondary N) is 2. The Hall–Kier alpha value is -3.15. The summed E-state index contributed by atoms with van der Waals surface area (Å²) in [6, 6.07) is 11.5. The van der Waals surface area contributed by atoms with Gasteiger partial charge in [-0.15, -0.1) is 11.3 Å². The van der Waals surface area contributed by atoms with E-state index in [-0.39, 0.29) is 16.9 Å². The van der Waals surface area contributed by atoms with Crippen molar-refractivity contribution in [2.75, 3.05) is 5.43 Å². The van der Waals surface area contributed by atoms with Crippen LogP contribution in [-0.4, -0.2) is 24.5 Å². The molecule has 2 aromatic carbocycles. The van der Waals surface area contributed by atoms with Gasteiger partial charge in [-0.05, 0) is 38.1 Å². The topological polar surface area (TPSA) is 93.2 Å². The van der Waals surface area contributed by atoms with Crippen LogP contribution in [0.25, 0.3) is 10.9 Å². The minimum Gasteiger partial charge on any atom is -0.489 e. The summed E-state index contributed by atoms with van der Waals surface area (Å²) in [7, 11) is -3.75. The Bertz CT molecular complexity index is 1110. The van der Waals surface area contributed by atoms with Gasteiger partial charge in [-0.3, -0.25) is 5.43 Å². The van der Waals surface area contributed by atoms with E-state index in [4.69, 9.17) is 11.2 Å². The third-order valence-electron chi connectivity index (χ3n) is 3.53. The molecule has 0 aliphatic rings. The summed E-state index contributed by atoms with van der Waals surface area (Å²) in [5, 5.41) is 0.692. The first kappa shape index (κ1) is 18.6. The van der Waals surface area contributed by atoms with Crippen LogP contribution >= 0.6 is 0 Å². The van der Waals surface area contributed by atoms with Crippen LogP contribution in [0.1, 0.15) is 19.4 Å². The maximum Gasteiger partial charge on any atom is 0.257 e. The van der Waals surface area contributed by atoms with Gasteiger partial charge in [-0.25, -0.2) is 18.4 Å². The third kappa shape index (κ3) is 4.34. The van der Waals surface area contributed by atoms with Crippen LogP contribution in [0.5, 0.6) is 5.75 Å². The first-order chi connectivity index (χ1) is 12.9. The molecule has 0 aliphatic heterocycles. The van der Waals surface area contributed by atoms with Crippen LogP contribution in [-0.2, 0) is 10.0 Å². The highest BCUT2D eigenvalue weighted by Crippen LogP contribution is 2.27. The van der Waals surface area contributed by atoms with Crippen molar-refractivity contribution < 1.29 is 13.2 Å². The SMILES string of the molecule is C#Cc1cc(OC(C)C)c2nc(NNS(=O)(=O)c3ccccc3)ncc2c1. The fraction of sp³-hybridized carbons (Fsp3) is 0.158. The average molecular weight is 382 g/mol. The van der Waals surface area contributed by atoms with E-state index in [1.54, 1.807) is 36.5 Å². The van der Waals surface area contributed by atoms with Crippen LogP contribution < -0.4 is 15.0 Å². The normalized spacial score (nSPS) is 11.3. The van der Waals surface area contributed by atoms with Gasteiger partial charge in [0, 0.05) is 17.1 Å². The van der Waals surface area contributed by atoms with Gasteiger partial charge in [-0.2, -0.15) is 0 Å². The molecule has 8 heteroatoms. The summed E-state index contributed by atoms with van der Waals surface area (Å²) in [6.07, 6.45) is 6.96. The number of ether oxygens (including phenoxy) is 1. The smallest absolute Gasteiger partial charge is 0.257 e. The van der Waals surface area contributed by atoms with E-state index in [9.17, 15) is 8.42 Å². The van der Waals surface area contributed by atoms with E-state index in [0.29, 0.717) is 22.2 Å². The number of nitrogens with zero attached hydrogens (tertiary/aromatic N) is 2. The molecule has 0 unspecified atom stereocenters. The Morgan fingerprint density at radius 1 is 1.19 bits per heavy atom. The first-order valence-corrected chi connectivity index (χ1v) is 9.64. The van der Waals surface area contributed by atoms with Gasteiger partial charge in [0.2, 0.25) is 5.95 Å². The first-order valence-electron chi connectivity index (χ1n) is 8.16. The standard InChI is InChI=1S/C19H18N4O3S/c1-4-14-10-15-12-20-19(21-18(15)17(11-14)26-13(2)3)22-23-27(24,25)16-8-6-5-7-9-16/h1,5-13,23H,2-3H3,(H,20,21,22). The van der Waals surface area contributed by atoms with E-state index in [1.807, 2.05) is 13.8 Å². The average Bonchev–Trinajstić information content (AvgIpc) is 2.66. The number of hydrazine groups is 1. The van der Waals surface area contributed by atoms with Gasteiger partial charge in [0.25, 0.3) is 10.0 Å². The molecule has 0 atom stereocenters. The second kappa shape index (κ2) is 7.61. The number of hydrogen-bond donors (Lipinski definition) is 2. The highest BCUT2D eigenvalue weighted by Gasteiger charge is 2.14. The van der Waals surface area contributed by atoms with Crippen molar-refractivity contribution in [2.45, 2.75) is 24.8 Å². The molecule has 3 rings (SSSR count). The Labute approximate surface area is 157 Å². The van der Waals surface area contributed by atoms with Crippen LogP contribution in [0, 0.1) is 12.3 Å². The molecule has 7 nitrogen and oxygen atoms in total. The van der Waals surface area contributed by atoms with Gasteiger partial charge in [-0.1, -0.05) is 24.1 Å². The second-order valence-corrected chi connectivity index (χ2v) is 7.64. The molecule has 1 aromatic heterocycles. The van der Waals surface area contributed by atoms with Crippen LogP contribution in [0.2, 0.25) is 0 Å². The van der Waals surface area contributed by atoms with Crippen molar-refractivity contribution in [3.63, 3.8) is 0 Å². The Morgan fingerprint density at radius 3 is 2.59 bits per heavy atom. The zero-order chi connectivity index (χ0) is 19.4. The summed E-state index contributed by atoms with van der Waals surface area (Å²) >= 11 is 0. The predicted molar refractivity (Wildman–Crippen MR) is 104 cm³/mol. The molecular formula is C19H18N4O3S. The van der Waals surface area contributed by atoms with Crippen molar-refractivity contribution in [3.05, 3.63) is 54.2 Å². The fourth-order valence-electron chi connectivity index (χ4n) is 2.37. The quantitative estimate of drug-likeness (QED) is 0.503. The monoisotopic (exact) mass is 382 g/mol. The molecule has 0 bridgehead atoms. The fourth-order valence-corrected chi connectivity index (χ4v) is 3.23. The molecule has 0 fully saturated rings.